The van der Waals surface area contributed by atoms with E-state index >= 15 is 0 Å². The summed E-state index contributed by atoms with van der Waals surface area (Å²) in [5, 5.41) is 9.42. The number of hydrogen-bond donors (Lipinski definition) is 0. The van der Waals surface area contributed by atoms with Gasteiger partial charge in [0.1, 0.15) is 22.3 Å². The van der Waals surface area contributed by atoms with Crippen LogP contribution >= 0.6 is 0 Å². The molecular formula is C103H66N4O2. The number of aromatic nitrogens is 4. The second kappa shape index (κ2) is 25.6. The van der Waals surface area contributed by atoms with Crippen LogP contribution in [0, 0.1) is 0 Å². The molecule has 0 spiro atoms. The highest BCUT2D eigenvalue weighted by Gasteiger charge is 2.39. The molecule has 0 fully saturated rings. The first-order valence-electron chi connectivity index (χ1n) is 37.2. The number of rotatable bonds is 12. The SMILES string of the molecule is CC1(C)c2cc(-c3cc(-c4ccc(-c5ccc(-c6cccc7c6oc6ccccc67)cc5)cc4)nc(-c4ccccc4)n3)ccc2-c2cccc(-c3cccc4c3oc3cccc(-c5ccc(-c6ccc(-c7cc(-c8ccc(-c9cc%10ccccc%10c%10ccccc9%10)cc8)nc(-c8ccccc8)n7)cc6)cc5)c34)c21. The maximum absolute atomic E-state index is 7.07. The van der Waals surface area contributed by atoms with Gasteiger partial charge in [0.15, 0.2) is 11.6 Å². The van der Waals surface area contributed by atoms with Crippen molar-refractivity contribution >= 4 is 65.4 Å². The fourth-order valence-electron chi connectivity index (χ4n) is 16.9. The van der Waals surface area contributed by atoms with Crippen molar-refractivity contribution in [2.75, 3.05) is 0 Å². The molecule has 0 saturated carbocycles. The zero-order valence-electron chi connectivity index (χ0n) is 59.7. The van der Waals surface area contributed by atoms with Crippen molar-refractivity contribution in [3.8, 4) is 146 Å². The van der Waals surface area contributed by atoms with Gasteiger partial charge in [-0.2, -0.15) is 0 Å². The summed E-state index contributed by atoms with van der Waals surface area (Å²) in [4.78, 5) is 21.0. The summed E-state index contributed by atoms with van der Waals surface area (Å²) in [6.45, 7) is 4.72. The molecule has 0 bridgehead atoms. The lowest BCUT2D eigenvalue weighted by molar-refractivity contribution is 0.659. The lowest BCUT2D eigenvalue weighted by Crippen LogP contribution is -2.16. The average molecular weight is 1390 g/mol. The molecule has 4 aromatic heterocycles. The van der Waals surface area contributed by atoms with Gasteiger partial charge in [-0.3, -0.25) is 0 Å². The van der Waals surface area contributed by atoms with Crippen LogP contribution in [0.2, 0.25) is 0 Å². The van der Waals surface area contributed by atoms with Crippen LogP contribution < -0.4 is 0 Å². The molecular weight excluding hydrogens is 1330 g/mol. The van der Waals surface area contributed by atoms with Crippen molar-refractivity contribution < 1.29 is 8.83 Å². The van der Waals surface area contributed by atoms with E-state index < -0.39 is 0 Å². The summed E-state index contributed by atoms with van der Waals surface area (Å²) >= 11 is 0. The lowest BCUT2D eigenvalue weighted by Gasteiger charge is -2.25. The maximum atomic E-state index is 7.07. The fourth-order valence-corrected chi connectivity index (χ4v) is 16.9. The monoisotopic (exact) mass is 1390 g/mol. The zero-order chi connectivity index (χ0) is 72.3. The highest BCUT2D eigenvalue weighted by atomic mass is 16.3. The van der Waals surface area contributed by atoms with Crippen molar-refractivity contribution in [1.29, 1.82) is 0 Å². The highest BCUT2D eigenvalue weighted by molar-refractivity contribution is 6.17. The van der Waals surface area contributed by atoms with Crippen LogP contribution in [0.5, 0.6) is 0 Å². The first-order chi connectivity index (χ1) is 53.7. The molecule has 109 heavy (non-hydrogen) atoms. The lowest BCUT2D eigenvalue weighted by atomic mass is 9.78. The molecule has 6 nitrogen and oxygen atoms in total. The fraction of sp³-hybridized carbons (Fsp3) is 0.0291. The van der Waals surface area contributed by atoms with Crippen LogP contribution in [0.4, 0.5) is 0 Å². The van der Waals surface area contributed by atoms with Gasteiger partial charge in [-0.05, 0) is 136 Å². The van der Waals surface area contributed by atoms with Gasteiger partial charge in [-0.15, -0.1) is 0 Å². The molecule has 0 atom stereocenters. The Balaban J connectivity index is 0.559. The predicted octanol–water partition coefficient (Wildman–Crippen LogP) is 27.7. The van der Waals surface area contributed by atoms with Crippen LogP contribution in [0.25, 0.3) is 211 Å². The van der Waals surface area contributed by atoms with Crippen molar-refractivity contribution in [2.24, 2.45) is 0 Å². The van der Waals surface area contributed by atoms with E-state index in [9.17, 15) is 0 Å². The molecule has 16 aromatic carbocycles. The molecule has 21 rings (SSSR count). The summed E-state index contributed by atoms with van der Waals surface area (Å²) in [5.74, 6) is 1.36. The molecule has 0 amide bonds. The minimum atomic E-state index is -0.387. The normalized spacial score (nSPS) is 12.4. The smallest absolute Gasteiger partial charge is 0.160 e. The third-order valence-corrected chi connectivity index (χ3v) is 22.4. The van der Waals surface area contributed by atoms with Gasteiger partial charge in [0.25, 0.3) is 0 Å². The van der Waals surface area contributed by atoms with Crippen molar-refractivity contribution in [2.45, 2.75) is 19.3 Å². The Kier molecular flexibility index (Phi) is 14.8. The van der Waals surface area contributed by atoms with Crippen LogP contribution in [-0.2, 0) is 5.41 Å². The van der Waals surface area contributed by atoms with Crippen molar-refractivity contribution in [1.82, 2.24) is 19.9 Å². The Hall–Kier alpha value is -14.2. The van der Waals surface area contributed by atoms with Crippen LogP contribution in [0.1, 0.15) is 25.0 Å². The molecule has 0 radical (unpaired) electrons. The largest absolute Gasteiger partial charge is 0.455 e. The predicted molar refractivity (Wildman–Crippen MR) is 450 cm³/mol. The molecule has 20 aromatic rings. The topological polar surface area (TPSA) is 77.8 Å². The highest BCUT2D eigenvalue weighted by Crippen LogP contribution is 2.55. The Morgan fingerprint density at radius 3 is 1.20 bits per heavy atom. The molecule has 6 heteroatoms. The van der Waals surface area contributed by atoms with Gasteiger partial charge in [0.05, 0.1) is 22.8 Å². The first-order valence-corrected chi connectivity index (χ1v) is 37.2. The first kappa shape index (κ1) is 63.3. The maximum Gasteiger partial charge on any atom is 0.160 e. The minimum Gasteiger partial charge on any atom is -0.455 e. The Morgan fingerprint density at radius 2 is 0.606 bits per heavy atom. The Bertz CT molecular complexity index is 7000. The second-order valence-corrected chi connectivity index (χ2v) is 29.1. The summed E-state index contributed by atoms with van der Waals surface area (Å²) in [6.07, 6.45) is 0. The van der Waals surface area contributed by atoms with Crippen molar-refractivity contribution in [3.05, 3.63) is 375 Å². The number of fused-ring (bicyclic) bond motifs is 12. The molecule has 0 N–H and O–H groups in total. The summed E-state index contributed by atoms with van der Waals surface area (Å²) in [7, 11) is 0. The van der Waals surface area contributed by atoms with E-state index in [1.54, 1.807) is 0 Å². The van der Waals surface area contributed by atoms with Crippen LogP contribution in [0.3, 0.4) is 0 Å². The van der Waals surface area contributed by atoms with Gasteiger partial charge >= 0.3 is 0 Å². The molecule has 0 aliphatic heterocycles. The van der Waals surface area contributed by atoms with E-state index in [1.807, 2.05) is 48.5 Å². The van der Waals surface area contributed by atoms with Crippen molar-refractivity contribution in [3.63, 3.8) is 0 Å². The Labute approximate surface area is 630 Å². The molecule has 1 aliphatic carbocycles. The zero-order valence-corrected chi connectivity index (χ0v) is 59.7. The van der Waals surface area contributed by atoms with Crippen LogP contribution in [-0.4, -0.2) is 19.9 Å². The third-order valence-electron chi connectivity index (χ3n) is 22.4. The number of hydrogen-bond acceptors (Lipinski definition) is 6. The molecule has 0 unspecified atom stereocenters. The van der Waals surface area contributed by atoms with Crippen LogP contribution in [0.15, 0.2) is 373 Å². The van der Waals surface area contributed by atoms with Gasteiger partial charge in [-0.1, -0.05) is 341 Å². The number of para-hydroxylation sites is 3. The standard InChI is InChI=1S/C103H66N4O2/c1-103(2)90-60-76(94-62-93(106-102(107-94)74-21-7-4-8-22-74)71-53-43-66(44-54-71)64-39-47-68(48-40-64)79-29-15-32-86-83-27-13-14-35-95(83)108-99(79)86)57-58-82(90)84-30-16-31-85(98(84)103)87-33-17-34-88-97-78(28-18-36-96(97)109-100(87)88)67-45-37-63(38-46-67)65-41-51-70(52-42-65)91-61-92(105-101(104-91)73-19-5-3-6-20-73)72-55-49-69(50-56-72)89-59-75-23-9-10-24-77(75)80-25-11-12-26-81(80)89/h3-62H,1-2H3. The molecule has 510 valence electrons. The van der Waals surface area contributed by atoms with E-state index in [0.717, 1.165) is 161 Å². The minimum absolute atomic E-state index is 0.387. The summed E-state index contributed by atoms with van der Waals surface area (Å²) in [6, 6.07) is 130. The Morgan fingerprint density at radius 1 is 0.220 bits per heavy atom. The van der Waals surface area contributed by atoms with Gasteiger partial charge in [-0.25, -0.2) is 19.9 Å². The van der Waals surface area contributed by atoms with E-state index in [1.165, 1.54) is 49.4 Å². The quantitative estimate of drug-likeness (QED) is 0.113. The second-order valence-electron chi connectivity index (χ2n) is 29.1. The van der Waals surface area contributed by atoms with E-state index in [0.29, 0.717) is 11.6 Å². The van der Waals surface area contributed by atoms with Gasteiger partial charge in [0, 0.05) is 71.5 Å². The van der Waals surface area contributed by atoms with E-state index in [4.69, 9.17) is 28.8 Å². The van der Waals surface area contributed by atoms with Gasteiger partial charge in [0.2, 0.25) is 0 Å². The average Bonchev–Trinajstić information content (AvgIpc) is 1.56. The number of benzene rings is 16. The summed E-state index contributed by atoms with van der Waals surface area (Å²) in [5.41, 5.74) is 31.1. The van der Waals surface area contributed by atoms with Gasteiger partial charge < -0.3 is 8.83 Å². The number of furan rings is 2. The van der Waals surface area contributed by atoms with E-state index in [2.05, 4.69) is 329 Å². The molecule has 4 heterocycles. The van der Waals surface area contributed by atoms with E-state index in [-0.39, 0.29) is 5.41 Å². The molecule has 1 aliphatic rings. The summed E-state index contributed by atoms with van der Waals surface area (Å²) < 4.78 is 13.5. The third kappa shape index (κ3) is 10.9. The number of nitrogens with zero attached hydrogens (tertiary/aromatic N) is 4. The molecule has 0 saturated heterocycles.